The normalized spacial score (nSPS) is 10.5. The number of nitrogens with two attached hydrogens (primary N) is 1. The van der Waals surface area contributed by atoms with Crippen molar-refractivity contribution in [3.05, 3.63) is 34.4 Å². The van der Waals surface area contributed by atoms with E-state index in [1.54, 1.807) is 12.4 Å². The molecule has 0 saturated carbocycles. The van der Waals surface area contributed by atoms with E-state index in [0.717, 1.165) is 11.3 Å². The highest BCUT2D eigenvalue weighted by atomic mass is 16.1. The Kier molecular flexibility index (Phi) is 1.79. The van der Waals surface area contributed by atoms with Crippen molar-refractivity contribution in [1.82, 2.24) is 15.2 Å². The minimum Gasteiger partial charge on any atom is -0.367 e. The molecule has 0 aliphatic carbocycles. The summed E-state index contributed by atoms with van der Waals surface area (Å²) < 4.78 is 0. The molecule has 13 heavy (non-hydrogen) atoms. The van der Waals surface area contributed by atoms with Crippen molar-refractivity contribution < 1.29 is 0 Å². The van der Waals surface area contributed by atoms with E-state index in [9.17, 15) is 4.79 Å². The van der Waals surface area contributed by atoms with Gasteiger partial charge in [-0.05, 0) is 6.07 Å². The number of hydrogen-bond donors (Lipinski definition) is 4. The minimum absolute atomic E-state index is 0.154. The number of nitrogens with one attached hydrogen (secondary N) is 3. The van der Waals surface area contributed by atoms with Crippen molar-refractivity contribution in [2.24, 2.45) is 5.73 Å². The second kappa shape index (κ2) is 2.95. The van der Waals surface area contributed by atoms with Crippen LogP contribution in [0, 0.1) is 0 Å². The molecule has 5 heteroatoms. The fourth-order valence-corrected chi connectivity index (χ4v) is 1.30. The molecule has 2 rings (SSSR count). The third-order valence-corrected chi connectivity index (χ3v) is 1.97. The number of rotatable bonds is 2. The molecule has 0 amide bonds. The fraction of sp³-hybridized carbons (Fsp3) is 0.125. The molecule has 0 aliphatic rings. The summed E-state index contributed by atoms with van der Waals surface area (Å²) in [5.74, 6) is 0. The average molecular weight is 178 g/mol. The van der Waals surface area contributed by atoms with Gasteiger partial charge in [-0.1, -0.05) is 0 Å². The smallest absolute Gasteiger partial charge is 0.269 e. The second-order valence-electron chi connectivity index (χ2n) is 2.74. The Labute approximate surface area is 74.0 Å². The Morgan fingerprint density at radius 1 is 1.38 bits per heavy atom. The van der Waals surface area contributed by atoms with Crippen LogP contribution in [0.25, 0.3) is 11.3 Å². The summed E-state index contributed by atoms with van der Waals surface area (Å²) in [6.45, 7) is 0.235. The lowest BCUT2D eigenvalue weighted by Gasteiger charge is -1.94. The van der Waals surface area contributed by atoms with E-state index < -0.39 is 0 Å². The standard InChI is InChI=1S/C8H10N4O/c9-3-6-7(11-12-8(6)13)5-1-2-10-4-5/h1-2,4,10H,3,9H2,(H2,11,12,13). The first kappa shape index (κ1) is 7.88. The van der Waals surface area contributed by atoms with Gasteiger partial charge in [0.15, 0.2) is 0 Å². The number of aromatic nitrogens is 3. The zero-order valence-corrected chi connectivity index (χ0v) is 6.92. The van der Waals surface area contributed by atoms with Gasteiger partial charge in [-0.3, -0.25) is 15.0 Å². The van der Waals surface area contributed by atoms with Gasteiger partial charge >= 0.3 is 0 Å². The van der Waals surface area contributed by atoms with Gasteiger partial charge < -0.3 is 10.7 Å². The van der Waals surface area contributed by atoms with E-state index >= 15 is 0 Å². The molecule has 0 unspecified atom stereocenters. The van der Waals surface area contributed by atoms with Crippen LogP contribution in [0.3, 0.4) is 0 Å². The lowest BCUT2D eigenvalue weighted by molar-refractivity contribution is 1.04. The summed E-state index contributed by atoms with van der Waals surface area (Å²) in [5, 5.41) is 5.29. The van der Waals surface area contributed by atoms with Crippen LogP contribution in [-0.4, -0.2) is 15.2 Å². The van der Waals surface area contributed by atoms with Crippen LogP contribution in [0.2, 0.25) is 0 Å². The van der Waals surface area contributed by atoms with Gasteiger partial charge in [0.2, 0.25) is 0 Å². The molecule has 0 atom stereocenters. The molecule has 0 radical (unpaired) electrons. The molecular formula is C8H10N4O. The molecule has 0 fully saturated rings. The SMILES string of the molecule is NCc1c(-c2cc[nH]c2)[nH][nH]c1=O. The number of hydrogen-bond acceptors (Lipinski definition) is 2. The van der Waals surface area contributed by atoms with Gasteiger partial charge in [0.25, 0.3) is 5.56 Å². The molecule has 0 bridgehead atoms. The topological polar surface area (TPSA) is 90.5 Å². The van der Waals surface area contributed by atoms with Crippen LogP contribution in [0.1, 0.15) is 5.56 Å². The molecular weight excluding hydrogens is 168 g/mol. The van der Waals surface area contributed by atoms with Gasteiger partial charge in [0.05, 0.1) is 11.3 Å². The number of H-pyrrole nitrogens is 3. The van der Waals surface area contributed by atoms with Crippen molar-refractivity contribution >= 4 is 0 Å². The Morgan fingerprint density at radius 3 is 2.85 bits per heavy atom. The third kappa shape index (κ3) is 1.19. The number of aromatic amines is 3. The second-order valence-corrected chi connectivity index (χ2v) is 2.74. The lowest BCUT2D eigenvalue weighted by atomic mass is 10.1. The molecule has 2 heterocycles. The summed E-state index contributed by atoms with van der Waals surface area (Å²) in [6, 6.07) is 1.87. The summed E-state index contributed by atoms with van der Waals surface area (Å²) >= 11 is 0. The summed E-state index contributed by atoms with van der Waals surface area (Å²) in [6.07, 6.45) is 3.60. The molecule has 2 aromatic rings. The van der Waals surface area contributed by atoms with Gasteiger partial charge in [0, 0.05) is 24.5 Å². The molecule has 68 valence electrons. The first-order valence-corrected chi connectivity index (χ1v) is 3.95. The van der Waals surface area contributed by atoms with Gasteiger partial charge in [-0.2, -0.15) is 0 Å². The highest BCUT2D eigenvalue weighted by Crippen LogP contribution is 2.16. The highest BCUT2D eigenvalue weighted by Gasteiger charge is 2.09. The zero-order chi connectivity index (χ0) is 9.26. The average Bonchev–Trinajstić information content (AvgIpc) is 2.71. The summed E-state index contributed by atoms with van der Waals surface area (Å²) in [5.41, 5.74) is 7.57. The van der Waals surface area contributed by atoms with Gasteiger partial charge in [-0.15, -0.1) is 0 Å². The molecule has 5 nitrogen and oxygen atoms in total. The van der Waals surface area contributed by atoms with E-state index in [0.29, 0.717) is 5.56 Å². The highest BCUT2D eigenvalue weighted by molar-refractivity contribution is 5.61. The van der Waals surface area contributed by atoms with Crippen LogP contribution >= 0.6 is 0 Å². The molecule has 2 aromatic heterocycles. The van der Waals surface area contributed by atoms with Gasteiger partial charge in [0.1, 0.15) is 0 Å². The van der Waals surface area contributed by atoms with E-state index in [-0.39, 0.29) is 12.1 Å². The van der Waals surface area contributed by atoms with Crippen molar-refractivity contribution in [2.45, 2.75) is 6.54 Å². The predicted octanol–water partition coefficient (Wildman–Crippen LogP) is 0.157. The van der Waals surface area contributed by atoms with Crippen molar-refractivity contribution in [2.75, 3.05) is 0 Å². The van der Waals surface area contributed by atoms with Gasteiger partial charge in [-0.25, -0.2) is 0 Å². The predicted molar refractivity (Wildman–Crippen MR) is 49.1 cm³/mol. The summed E-state index contributed by atoms with van der Waals surface area (Å²) in [7, 11) is 0. The van der Waals surface area contributed by atoms with E-state index in [1.165, 1.54) is 0 Å². The third-order valence-electron chi connectivity index (χ3n) is 1.97. The van der Waals surface area contributed by atoms with Crippen molar-refractivity contribution in [1.29, 1.82) is 0 Å². The van der Waals surface area contributed by atoms with Crippen LogP contribution in [0.5, 0.6) is 0 Å². The Bertz CT molecular complexity index is 437. The zero-order valence-electron chi connectivity index (χ0n) is 6.92. The summed E-state index contributed by atoms with van der Waals surface area (Å²) in [4.78, 5) is 14.1. The quantitative estimate of drug-likeness (QED) is 0.527. The molecule has 0 aliphatic heterocycles. The Morgan fingerprint density at radius 2 is 2.23 bits per heavy atom. The monoisotopic (exact) mass is 178 g/mol. The minimum atomic E-state index is -0.154. The molecule has 0 saturated heterocycles. The van der Waals surface area contributed by atoms with Crippen LogP contribution < -0.4 is 11.3 Å². The maximum absolute atomic E-state index is 11.2. The first-order valence-electron chi connectivity index (χ1n) is 3.95. The largest absolute Gasteiger partial charge is 0.367 e. The molecule has 5 N–H and O–H groups in total. The van der Waals surface area contributed by atoms with E-state index in [2.05, 4.69) is 15.2 Å². The lowest BCUT2D eigenvalue weighted by Crippen LogP contribution is -2.10. The van der Waals surface area contributed by atoms with Crippen LogP contribution in [0.15, 0.2) is 23.3 Å². The Balaban J connectivity index is 2.58. The molecule has 0 spiro atoms. The maximum Gasteiger partial charge on any atom is 0.269 e. The van der Waals surface area contributed by atoms with Crippen molar-refractivity contribution in [3.8, 4) is 11.3 Å². The molecule has 0 aromatic carbocycles. The Hall–Kier alpha value is -1.75. The van der Waals surface area contributed by atoms with E-state index in [4.69, 9.17) is 5.73 Å². The van der Waals surface area contributed by atoms with Crippen LogP contribution in [0.4, 0.5) is 0 Å². The van der Waals surface area contributed by atoms with Crippen molar-refractivity contribution in [3.63, 3.8) is 0 Å². The fourth-order valence-electron chi connectivity index (χ4n) is 1.30. The van der Waals surface area contributed by atoms with E-state index in [1.807, 2.05) is 6.07 Å². The maximum atomic E-state index is 11.2. The first-order chi connectivity index (χ1) is 6.33. The van der Waals surface area contributed by atoms with Crippen LogP contribution in [-0.2, 0) is 6.54 Å².